The van der Waals surface area contributed by atoms with Gasteiger partial charge in [0.2, 0.25) is 0 Å². The zero-order valence-electron chi connectivity index (χ0n) is 10.2. The molecule has 0 aromatic carbocycles. The summed E-state index contributed by atoms with van der Waals surface area (Å²) in [5.74, 6) is 0. The van der Waals surface area contributed by atoms with Crippen molar-refractivity contribution < 1.29 is 8.85 Å². The number of rotatable bonds is 6. The van der Waals surface area contributed by atoms with Gasteiger partial charge in [-0.25, -0.2) is 0 Å². The third kappa shape index (κ3) is 3.84. The first-order valence-corrected chi connectivity index (χ1v) is 8.14. The average molecular weight is 232 g/mol. The Kier molecular flexibility index (Phi) is 5.77. The Labute approximate surface area is 94.3 Å². The molecular formula is C10H24N2O2Si. The fourth-order valence-electron chi connectivity index (χ4n) is 1.76. The van der Waals surface area contributed by atoms with E-state index in [0.29, 0.717) is 0 Å². The van der Waals surface area contributed by atoms with Crippen molar-refractivity contribution in [2.24, 2.45) is 0 Å². The van der Waals surface area contributed by atoms with Crippen LogP contribution in [0.4, 0.5) is 0 Å². The van der Waals surface area contributed by atoms with Crippen LogP contribution in [-0.4, -0.2) is 53.2 Å². The van der Waals surface area contributed by atoms with Gasteiger partial charge in [-0.15, -0.1) is 0 Å². The van der Waals surface area contributed by atoms with E-state index in [9.17, 15) is 0 Å². The summed E-state index contributed by atoms with van der Waals surface area (Å²) < 4.78 is 14.0. The minimum absolute atomic E-state index is 0.830. The molecule has 1 aliphatic heterocycles. The average Bonchev–Trinajstić information content (AvgIpc) is 2.30. The lowest BCUT2D eigenvalue weighted by Gasteiger charge is -2.38. The van der Waals surface area contributed by atoms with Crippen molar-refractivity contribution in [2.45, 2.75) is 26.3 Å². The first-order chi connectivity index (χ1) is 7.23. The lowest BCUT2D eigenvalue weighted by Crippen LogP contribution is -2.61. The second-order valence-electron chi connectivity index (χ2n) is 4.04. The summed E-state index contributed by atoms with van der Waals surface area (Å²) in [6.07, 6.45) is 2.30. The summed E-state index contributed by atoms with van der Waals surface area (Å²) in [4.78, 5) is 0. The van der Waals surface area contributed by atoms with Crippen LogP contribution in [0.15, 0.2) is 0 Å². The van der Waals surface area contributed by atoms with Crippen molar-refractivity contribution in [3.8, 4) is 0 Å². The molecule has 90 valence electrons. The van der Waals surface area contributed by atoms with Gasteiger partial charge in [0.25, 0.3) is 0 Å². The quantitative estimate of drug-likeness (QED) is 0.545. The molecular weight excluding hydrogens is 208 g/mol. The number of nitrogens with zero attached hydrogens (tertiary/aromatic N) is 1. The van der Waals surface area contributed by atoms with Gasteiger partial charge in [0.05, 0.1) is 0 Å². The normalized spacial score (nSPS) is 22.6. The van der Waals surface area contributed by atoms with Crippen molar-refractivity contribution in [3.63, 3.8) is 0 Å². The molecule has 0 aromatic heterocycles. The van der Waals surface area contributed by atoms with Crippen molar-refractivity contribution in [3.05, 3.63) is 0 Å². The molecule has 0 aliphatic carbocycles. The minimum atomic E-state index is -2.07. The van der Waals surface area contributed by atoms with Gasteiger partial charge in [-0.3, -0.25) is 4.57 Å². The second-order valence-corrected chi connectivity index (χ2v) is 7.17. The van der Waals surface area contributed by atoms with Crippen LogP contribution < -0.4 is 5.32 Å². The fraction of sp³-hybridized carbons (Fsp3) is 1.00. The molecule has 1 heterocycles. The molecule has 0 radical (unpaired) electrons. The summed E-state index contributed by atoms with van der Waals surface area (Å²) in [5.41, 5.74) is 0. The maximum Gasteiger partial charge on any atom is 0.424 e. The molecule has 0 aromatic rings. The zero-order valence-corrected chi connectivity index (χ0v) is 11.2. The first kappa shape index (κ1) is 13.1. The van der Waals surface area contributed by atoms with E-state index in [2.05, 4.69) is 23.4 Å². The standard InChI is InChI=1S/C10H24N2O2Si/c1-4-5-10-14-15(3,13-2)12-8-6-11-7-9-12/h11H,4-10H2,1-3H3. The summed E-state index contributed by atoms with van der Waals surface area (Å²) in [6.45, 7) is 9.34. The molecule has 0 bridgehead atoms. The van der Waals surface area contributed by atoms with E-state index in [-0.39, 0.29) is 0 Å². The molecule has 0 saturated carbocycles. The molecule has 1 saturated heterocycles. The molecule has 4 nitrogen and oxygen atoms in total. The zero-order chi connectivity index (χ0) is 11.1. The SMILES string of the molecule is CCCCO[Si](C)(OC)N1CCNCC1. The lowest BCUT2D eigenvalue weighted by molar-refractivity contribution is 0.131. The molecule has 0 amide bonds. The molecule has 1 N–H and O–H groups in total. The number of hydrogen-bond acceptors (Lipinski definition) is 4. The summed E-state index contributed by atoms with van der Waals surface area (Å²) in [5, 5.41) is 3.35. The Balaban J connectivity index is 2.41. The van der Waals surface area contributed by atoms with Crippen LogP contribution in [-0.2, 0) is 8.85 Å². The van der Waals surface area contributed by atoms with E-state index in [1.807, 2.05) is 0 Å². The predicted molar refractivity (Wildman–Crippen MR) is 63.9 cm³/mol. The van der Waals surface area contributed by atoms with Gasteiger partial charge in [-0.05, 0) is 13.0 Å². The molecule has 1 rings (SSSR count). The van der Waals surface area contributed by atoms with Crippen molar-refractivity contribution in [1.29, 1.82) is 0 Å². The number of hydrogen-bond donors (Lipinski definition) is 1. The highest BCUT2D eigenvalue weighted by atomic mass is 28.4. The van der Waals surface area contributed by atoms with Crippen LogP contribution >= 0.6 is 0 Å². The van der Waals surface area contributed by atoms with Crippen molar-refractivity contribution in [2.75, 3.05) is 39.9 Å². The van der Waals surface area contributed by atoms with Gasteiger partial charge < -0.3 is 14.2 Å². The molecule has 1 fully saturated rings. The van der Waals surface area contributed by atoms with Crippen LogP contribution in [0.1, 0.15) is 19.8 Å². The number of unbranched alkanes of at least 4 members (excludes halogenated alkanes) is 1. The molecule has 5 heteroatoms. The Bertz CT molecular complexity index is 177. The van der Waals surface area contributed by atoms with Crippen LogP contribution in [0.25, 0.3) is 0 Å². The highest BCUT2D eigenvalue weighted by molar-refractivity contribution is 6.63. The highest BCUT2D eigenvalue weighted by Gasteiger charge is 2.39. The van der Waals surface area contributed by atoms with E-state index < -0.39 is 8.72 Å². The topological polar surface area (TPSA) is 33.7 Å². The summed E-state index contributed by atoms with van der Waals surface area (Å²) in [6, 6.07) is 0. The Morgan fingerprint density at radius 2 is 2.00 bits per heavy atom. The van der Waals surface area contributed by atoms with Gasteiger partial charge in [0.1, 0.15) is 0 Å². The van der Waals surface area contributed by atoms with Gasteiger partial charge >= 0.3 is 8.72 Å². The highest BCUT2D eigenvalue weighted by Crippen LogP contribution is 2.14. The third-order valence-electron chi connectivity index (χ3n) is 2.94. The van der Waals surface area contributed by atoms with Crippen LogP contribution in [0.3, 0.4) is 0 Å². The van der Waals surface area contributed by atoms with E-state index in [1.165, 1.54) is 6.42 Å². The van der Waals surface area contributed by atoms with E-state index in [1.54, 1.807) is 7.11 Å². The van der Waals surface area contributed by atoms with Crippen LogP contribution in [0.2, 0.25) is 6.55 Å². The van der Waals surface area contributed by atoms with Crippen molar-refractivity contribution in [1.82, 2.24) is 9.88 Å². The van der Waals surface area contributed by atoms with E-state index >= 15 is 0 Å². The minimum Gasteiger partial charge on any atom is -0.386 e. The molecule has 15 heavy (non-hydrogen) atoms. The molecule has 1 unspecified atom stereocenters. The summed E-state index contributed by atoms with van der Waals surface area (Å²) >= 11 is 0. The number of piperazine rings is 1. The second kappa shape index (κ2) is 6.60. The molecule has 1 aliphatic rings. The maximum atomic E-state index is 5.97. The van der Waals surface area contributed by atoms with Gasteiger partial charge in [0, 0.05) is 39.9 Å². The predicted octanol–water partition coefficient (Wildman–Crippen LogP) is 0.923. The van der Waals surface area contributed by atoms with Crippen LogP contribution in [0, 0.1) is 0 Å². The van der Waals surface area contributed by atoms with Gasteiger partial charge in [-0.1, -0.05) is 13.3 Å². The Morgan fingerprint density at radius 1 is 1.33 bits per heavy atom. The molecule has 0 spiro atoms. The summed E-state index contributed by atoms with van der Waals surface area (Å²) in [7, 11) is -0.288. The molecule has 1 atom stereocenters. The first-order valence-electron chi connectivity index (χ1n) is 5.88. The van der Waals surface area contributed by atoms with E-state index in [0.717, 1.165) is 39.2 Å². The van der Waals surface area contributed by atoms with Crippen molar-refractivity contribution >= 4 is 8.72 Å². The van der Waals surface area contributed by atoms with Gasteiger partial charge in [-0.2, -0.15) is 0 Å². The maximum absolute atomic E-state index is 5.97. The van der Waals surface area contributed by atoms with Gasteiger partial charge in [0.15, 0.2) is 0 Å². The van der Waals surface area contributed by atoms with E-state index in [4.69, 9.17) is 8.85 Å². The number of nitrogens with one attached hydrogen (secondary N) is 1. The largest absolute Gasteiger partial charge is 0.424 e. The lowest BCUT2D eigenvalue weighted by atomic mass is 10.4. The third-order valence-corrected chi connectivity index (χ3v) is 6.03. The monoisotopic (exact) mass is 232 g/mol. The Morgan fingerprint density at radius 3 is 2.53 bits per heavy atom. The fourth-order valence-corrected chi connectivity index (χ4v) is 3.87. The smallest absolute Gasteiger partial charge is 0.386 e. The van der Waals surface area contributed by atoms with Crippen LogP contribution in [0.5, 0.6) is 0 Å². The Hall–Kier alpha value is 0.0569.